The number of rotatable bonds is 5. The number of hydrogen-bond acceptors (Lipinski definition) is 5. The number of nitrogens with one attached hydrogen (secondary N) is 1. The van der Waals surface area contributed by atoms with Gasteiger partial charge in [0.25, 0.3) is 5.91 Å². The SMILES string of the molecule is Nc1ncnn2c(-c3ccc(CF)c(C(=O)N[C@@H]4CN(C(=O)C5CC(F)(F)C5)C[C@@H]4F)c3)cc(C(F)(F)F)c12. The molecule has 0 radical (unpaired) electrons. The van der Waals surface area contributed by atoms with Crippen molar-refractivity contribution in [2.45, 2.75) is 43.8 Å². The van der Waals surface area contributed by atoms with Crippen molar-refractivity contribution in [3.05, 3.63) is 47.3 Å². The number of likely N-dealkylation sites (tertiary alicyclic amines) is 1. The Morgan fingerprint density at radius 1 is 1.15 bits per heavy atom. The number of nitrogen functional groups attached to an aromatic ring is 1. The van der Waals surface area contributed by atoms with Gasteiger partial charge in [-0.25, -0.2) is 27.1 Å². The number of anilines is 1. The van der Waals surface area contributed by atoms with Crippen LogP contribution in [0.3, 0.4) is 0 Å². The highest BCUT2D eigenvalue weighted by Crippen LogP contribution is 2.43. The van der Waals surface area contributed by atoms with Crippen LogP contribution in [0.25, 0.3) is 16.8 Å². The fourth-order valence-electron chi connectivity index (χ4n) is 4.97. The number of benzene rings is 1. The second kappa shape index (κ2) is 9.38. The number of aromatic nitrogens is 3. The summed E-state index contributed by atoms with van der Waals surface area (Å²) in [5.41, 5.74) is 3.63. The van der Waals surface area contributed by atoms with Crippen LogP contribution in [-0.2, 0) is 17.6 Å². The van der Waals surface area contributed by atoms with Crippen LogP contribution in [0.1, 0.15) is 34.3 Å². The van der Waals surface area contributed by atoms with Crippen LogP contribution in [0.5, 0.6) is 0 Å². The Kier molecular flexibility index (Phi) is 6.42. The summed E-state index contributed by atoms with van der Waals surface area (Å²) < 4.78 is 96.7. The zero-order valence-corrected chi connectivity index (χ0v) is 20.0. The van der Waals surface area contributed by atoms with Gasteiger partial charge in [-0.2, -0.15) is 18.3 Å². The average molecular weight is 558 g/mol. The molecule has 2 amide bonds. The van der Waals surface area contributed by atoms with Crippen molar-refractivity contribution < 1.29 is 40.3 Å². The van der Waals surface area contributed by atoms with E-state index in [-0.39, 0.29) is 28.9 Å². The first-order chi connectivity index (χ1) is 18.3. The molecule has 39 heavy (non-hydrogen) atoms. The molecule has 0 bridgehead atoms. The molecule has 1 aliphatic carbocycles. The first kappa shape index (κ1) is 26.7. The zero-order chi connectivity index (χ0) is 28.3. The second-order valence-corrected chi connectivity index (χ2v) is 9.65. The summed E-state index contributed by atoms with van der Waals surface area (Å²) in [4.78, 5) is 30.2. The first-order valence-electron chi connectivity index (χ1n) is 11.8. The number of carbonyl (C=O) groups is 2. The maximum atomic E-state index is 14.7. The molecule has 15 heteroatoms. The van der Waals surface area contributed by atoms with Crippen molar-refractivity contribution in [1.29, 1.82) is 0 Å². The number of fused-ring (bicyclic) bond motifs is 1. The smallest absolute Gasteiger partial charge is 0.382 e. The van der Waals surface area contributed by atoms with Gasteiger partial charge in [0.05, 0.1) is 23.8 Å². The van der Waals surface area contributed by atoms with E-state index in [4.69, 9.17) is 5.73 Å². The van der Waals surface area contributed by atoms with Crippen LogP contribution in [-0.4, -0.2) is 62.5 Å². The van der Waals surface area contributed by atoms with Gasteiger partial charge < -0.3 is 16.0 Å². The van der Waals surface area contributed by atoms with Gasteiger partial charge in [-0.3, -0.25) is 9.59 Å². The Morgan fingerprint density at radius 3 is 2.51 bits per heavy atom. The molecule has 2 aromatic heterocycles. The van der Waals surface area contributed by atoms with Crippen LogP contribution in [0.2, 0.25) is 0 Å². The Labute approximate surface area is 216 Å². The van der Waals surface area contributed by atoms with E-state index in [1.165, 1.54) is 12.1 Å². The van der Waals surface area contributed by atoms with Crippen LogP contribution >= 0.6 is 0 Å². The highest BCUT2D eigenvalue weighted by molar-refractivity contribution is 5.97. The van der Waals surface area contributed by atoms with Gasteiger partial charge in [-0.05, 0) is 17.7 Å². The predicted octanol–water partition coefficient (Wildman–Crippen LogP) is 3.79. The normalized spacial score (nSPS) is 21.3. The monoisotopic (exact) mass is 558 g/mol. The zero-order valence-electron chi connectivity index (χ0n) is 20.0. The van der Waals surface area contributed by atoms with Crippen molar-refractivity contribution in [2.75, 3.05) is 18.8 Å². The standard InChI is InChI=1S/C24H21F7N6O2/c25-7-12-2-1-11(18-4-15(24(29,30)31)19-20(32)33-10-34-37(18)19)3-14(12)21(38)35-17-9-36(8-16(17)26)22(39)13-5-23(27,28)6-13/h1-4,10,13,16-17H,5-9H2,(H,35,38)(H2,32,33,34)/t16-,17+/m0/s1. The van der Waals surface area contributed by atoms with Gasteiger partial charge in [-0.1, -0.05) is 12.1 Å². The van der Waals surface area contributed by atoms with Crippen LogP contribution < -0.4 is 11.1 Å². The maximum absolute atomic E-state index is 14.7. The summed E-state index contributed by atoms with van der Waals surface area (Å²) >= 11 is 0. The molecule has 3 heterocycles. The fourth-order valence-corrected chi connectivity index (χ4v) is 4.97. The number of halogens is 7. The minimum absolute atomic E-state index is 0.0619. The van der Waals surface area contributed by atoms with E-state index < -0.39 is 85.0 Å². The maximum Gasteiger partial charge on any atom is 0.418 e. The predicted molar refractivity (Wildman–Crippen MR) is 123 cm³/mol. The first-order valence-corrected chi connectivity index (χ1v) is 11.8. The van der Waals surface area contributed by atoms with E-state index in [1.54, 1.807) is 0 Å². The number of nitrogens with two attached hydrogens (primary N) is 1. The number of alkyl halides is 7. The molecule has 2 atom stereocenters. The van der Waals surface area contributed by atoms with Crippen molar-refractivity contribution in [1.82, 2.24) is 24.8 Å². The van der Waals surface area contributed by atoms with Gasteiger partial charge in [0.15, 0.2) is 5.82 Å². The molecule has 1 saturated heterocycles. The number of amides is 2. The fraction of sp³-hybridized carbons (Fsp3) is 0.417. The average Bonchev–Trinajstić information content (AvgIpc) is 3.43. The summed E-state index contributed by atoms with van der Waals surface area (Å²) in [6.45, 7) is -1.78. The lowest BCUT2D eigenvalue weighted by Crippen LogP contribution is -2.47. The topological polar surface area (TPSA) is 106 Å². The lowest BCUT2D eigenvalue weighted by molar-refractivity contribution is -0.159. The molecule has 1 saturated carbocycles. The van der Waals surface area contributed by atoms with E-state index in [0.29, 0.717) is 0 Å². The van der Waals surface area contributed by atoms with Gasteiger partial charge >= 0.3 is 6.18 Å². The quantitative estimate of drug-likeness (QED) is 0.464. The molecule has 208 valence electrons. The van der Waals surface area contributed by atoms with E-state index in [1.807, 2.05) is 0 Å². The molecular weight excluding hydrogens is 537 g/mol. The van der Waals surface area contributed by atoms with Gasteiger partial charge in [0, 0.05) is 36.4 Å². The number of carbonyl (C=O) groups excluding carboxylic acids is 2. The summed E-state index contributed by atoms with van der Waals surface area (Å²) in [5.74, 6) is -5.84. The largest absolute Gasteiger partial charge is 0.418 e. The highest BCUT2D eigenvalue weighted by Gasteiger charge is 2.51. The van der Waals surface area contributed by atoms with Crippen LogP contribution in [0, 0.1) is 5.92 Å². The molecule has 2 fully saturated rings. The molecule has 5 rings (SSSR count). The molecule has 0 unspecified atom stereocenters. The van der Waals surface area contributed by atoms with E-state index in [9.17, 15) is 40.3 Å². The van der Waals surface area contributed by atoms with Gasteiger partial charge in [0.2, 0.25) is 11.8 Å². The Morgan fingerprint density at radius 2 is 1.87 bits per heavy atom. The third-order valence-electron chi connectivity index (χ3n) is 7.00. The summed E-state index contributed by atoms with van der Waals surface area (Å²) in [7, 11) is 0. The molecule has 2 aliphatic rings. The third-order valence-corrected chi connectivity index (χ3v) is 7.00. The Hall–Kier alpha value is -3.91. The highest BCUT2D eigenvalue weighted by atomic mass is 19.4. The molecule has 1 aliphatic heterocycles. The Bertz CT molecular complexity index is 1450. The molecular formula is C24H21F7N6O2. The molecule has 0 spiro atoms. The second-order valence-electron chi connectivity index (χ2n) is 9.65. The molecule has 3 N–H and O–H groups in total. The minimum Gasteiger partial charge on any atom is -0.382 e. The number of nitrogens with zero attached hydrogens (tertiary/aromatic N) is 4. The van der Waals surface area contributed by atoms with Gasteiger partial charge in [0.1, 0.15) is 24.7 Å². The minimum atomic E-state index is -4.81. The van der Waals surface area contributed by atoms with Crippen molar-refractivity contribution in [3.63, 3.8) is 0 Å². The van der Waals surface area contributed by atoms with E-state index in [0.717, 1.165) is 27.9 Å². The Balaban J connectivity index is 1.41. The summed E-state index contributed by atoms with van der Waals surface area (Å²) in [5, 5.41) is 6.23. The van der Waals surface area contributed by atoms with Crippen LogP contribution in [0.15, 0.2) is 30.6 Å². The summed E-state index contributed by atoms with van der Waals surface area (Å²) in [6, 6.07) is 3.22. The van der Waals surface area contributed by atoms with Crippen molar-refractivity contribution in [2.24, 2.45) is 5.92 Å². The molecule has 3 aromatic rings. The lowest BCUT2D eigenvalue weighted by atomic mass is 9.80. The molecule has 8 nitrogen and oxygen atoms in total. The number of hydrogen-bond donors (Lipinski definition) is 2. The third kappa shape index (κ3) is 4.85. The molecule has 1 aromatic carbocycles. The van der Waals surface area contributed by atoms with Crippen molar-refractivity contribution >= 4 is 23.1 Å². The van der Waals surface area contributed by atoms with E-state index >= 15 is 0 Å². The lowest BCUT2D eigenvalue weighted by Gasteiger charge is -2.36. The van der Waals surface area contributed by atoms with E-state index in [2.05, 4.69) is 15.4 Å². The summed E-state index contributed by atoms with van der Waals surface area (Å²) in [6.07, 6.45) is -6.80. The van der Waals surface area contributed by atoms with Gasteiger partial charge in [-0.15, -0.1) is 0 Å². The van der Waals surface area contributed by atoms with Crippen LogP contribution in [0.4, 0.5) is 36.6 Å². The van der Waals surface area contributed by atoms with Crippen molar-refractivity contribution in [3.8, 4) is 11.3 Å².